The van der Waals surface area contributed by atoms with Gasteiger partial charge in [0, 0.05) is 6.54 Å². The zero-order chi connectivity index (χ0) is 10.1. The molecule has 0 aliphatic carbocycles. The molecule has 0 aliphatic rings. The molecule has 0 atom stereocenters. The van der Waals surface area contributed by atoms with Gasteiger partial charge in [-0.2, -0.15) is 0 Å². The molecule has 0 aromatic carbocycles. The molecule has 0 bridgehead atoms. The van der Waals surface area contributed by atoms with E-state index in [2.05, 4.69) is 29.5 Å². The Labute approximate surface area is 84.8 Å². The molecule has 5 heteroatoms. The second-order valence-electron chi connectivity index (χ2n) is 2.82. The van der Waals surface area contributed by atoms with Gasteiger partial charge in [0.25, 0.3) is 0 Å². The van der Waals surface area contributed by atoms with Crippen LogP contribution in [0.1, 0.15) is 32.6 Å². The standard InChI is InChI=1S/C8H18N4S/c1-2-3-4-5-6-11-7(9)12-8(10)13/h2-6H2,1H3,(H5,9,10,11,12,13). The molecule has 0 saturated carbocycles. The van der Waals surface area contributed by atoms with Gasteiger partial charge in [0.15, 0.2) is 11.1 Å². The van der Waals surface area contributed by atoms with Gasteiger partial charge in [0.1, 0.15) is 0 Å². The zero-order valence-corrected chi connectivity index (χ0v) is 8.86. The SMILES string of the molecule is CCCCCCN=C(N)NC(N)=S. The molecule has 5 N–H and O–H groups in total. The fraction of sp³-hybridized carbons (Fsp3) is 0.750. The van der Waals surface area contributed by atoms with Crippen LogP contribution in [0, 0.1) is 0 Å². The smallest absolute Gasteiger partial charge is 0.194 e. The van der Waals surface area contributed by atoms with Gasteiger partial charge >= 0.3 is 0 Å². The molecule has 0 heterocycles. The predicted octanol–water partition coefficient (Wildman–Crippen LogP) is 0.715. The van der Waals surface area contributed by atoms with Crippen LogP contribution in [0.3, 0.4) is 0 Å². The Hall–Kier alpha value is -0.840. The molecule has 0 saturated heterocycles. The summed E-state index contributed by atoms with van der Waals surface area (Å²) in [5.41, 5.74) is 10.7. The van der Waals surface area contributed by atoms with Crippen LogP contribution in [0.25, 0.3) is 0 Å². The molecule has 13 heavy (non-hydrogen) atoms. The fourth-order valence-corrected chi connectivity index (χ4v) is 1.01. The normalized spacial score (nSPS) is 11.3. The molecule has 0 spiro atoms. The molecule has 76 valence electrons. The molecule has 0 aliphatic heterocycles. The lowest BCUT2D eigenvalue weighted by atomic mass is 10.2. The Bertz CT molecular complexity index is 179. The Morgan fingerprint density at radius 3 is 2.54 bits per heavy atom. The van der Waals surface area contributed by atoms with E-state index in [4.69, 9.17) is 11.5 Å². The number of rotatable bonds is 5. The quantitative estimate of drug-likeness (QED) is 0.266. The van der Waals surface area contributed by atoms with Gasteiger partial charge in [-0.3, -0.25) is 4.99 Å². The third-order valence-corrected chi connectivity index (χ3v) is 1.65. The molecule has 0 rings (SSSR count). The van der Waals surface area contributed by atoms with Crippen molar-refractivity contribution in [3.05, 3.63) is 0 Å². The third-order valence-electron chi connectivity index (χ3n) is 1.55. The van der Waals surface area contributed by atoms with Crippen LogP contribution in [-0.2, 0) is 0 Å². The summed E-state index contributed by atoms with van der Waals surface area (Å²) in [6, 6.07) is 0. The van der Waals surface area contributed by atoms with Crippen LogP contribution in [0.2, 0.25) is 0 Å². The van der Waals surface area contributed by atoms with E-state index in [9.17, 15) is 0 Å². The van der Waals surface area contributed by atoms with Crippen molar-refractivity contribution in [1.29, 1.82) is 0 Å². The van der Waals surface area contributed by atoms with Gasteiger partial charge in [-0.05, 0) is 18.6 Å². The zero-order valence-electron chi connectivity index (χ0n) is 8.05. The lowest BCUT2D eigenvalue weighted by Crippen LogP contribution is -2.40. The van der Waals surface area contributed by atoms with Crippen LogP contribution in [0.5, 0.6) is 0 Å². The molecular formula is C8H18N4S. The van der Waals surface area contributed by atoms with Crippen LogP contribution in [0.4, 0.5) is 0 Å². The van der Waals surface area contributed by atoms with E-state index in [1.54, 1.807) is 0 Å². The lowest BCUT2D eigenvalue weighted by Gasteiger charge is -2.01. The second-order valence-corrected chi connectivity index (χ2v) is 3.26. The van der Waals surface area contributed by atoms with Crippen molar-refractivity contribution in [3.63, 3.8) is 0 Å². The third kappa shape index (κ3) is 9.07. The summed E-state index contributed by atoms with van der Waals surface area (Å²) in [6.45, 7) is 2.91. The van der Waals surface area contributed by atoms with Gasteiger partial charge in [-0.25, -0.2) is 0 Å². The minimum absolute atomic E-state index is 0.162. The van der Waals surface area contributed by atoms with Crippen molar-refractivity contribution in [2.24, 2.45) is 16.5 Å². The van der Waals surface area contributed by atoms with Crippen LogP contribution >= 0.6 is 12.2 Å². The summed E-state index contributed by atoms with van der Waals surface area (Å²) in [5.74, 6) is 0.309. The number of hydrogen-bond acceptors (Lipinski definition) is 2. The van der Waals surface area contributed by atoms with Crippen LogP contribution < -0.4 is 16.8 Å². The van der Waals surface area contributed by atoms with Gasteiger partial charge in [0.2, 0.25) is 0 Å². The summed E-state index contributed by atoms with van der Waals surface area (Å²) in [4.78, 5) is 4.05. The fourth-order valence-electron chi connectivity index (χ4n) is 0.904. The summed E-state index contributed by atoms with van der Waals surface area (Å²) in [6.07, 6.45) is 4.73. The monoisotopic (exact) mass is 202 g/mol. The summed E-state index contributed by atoms with van der Waals surface area (Å²) < 4.78 is 0. The van der Waals surface area contributed by atoms with E-state index in [1.165, 1.54) is 19.3 Å². The number of unbranched alkanes of at least 4 members (excludes halogenated alkanes) is 3. The minimum Gasteiger partial charge on any atom is -0.376 e. The summed E-state index contributed by atoms with van der Waals surface area (Å²) in [7, 11) is 0. The number of guanidine groups is 1. The molecule has 0 radical (unpaired) electrons. The lowest BCUT2D eigenvalue weighted by molar-refractivity contribution is 0.674. The van der Waals surface area contributed by atoms with Gasteiger partial charge < -0.3 is 16.8 Å². The average Bonchev–Trinajstić information content (AvgIpc) is 2.02. The maximum absolute atomic E-state index is 5.46. The average molecular weight is 202 g/mol. The molecule has 0 aromatic rings. The van der Waals surface area contributed by atoms with E-state index in [0.29, 0.717) is 5.96 Å². The van der Waals surface area contributed by atoms with Crippen LogP contribution in [0.15, 0.2) is 4.99 Å². The first-order valence-electron chi connectivity index (χ1n) is 4.53. The van der Waals surface area contributed by atoms with Crippen molar-refractivity contribution in [3.8, 4) is 0 Å². The van der Waals surface area contributed by atoms with E-state index in [-0.39, 0.29) is 5.11 Å². The van der Waals surface area contributed by atoms with Crippen molar-refractivity contribution >= 4 is 23.3 Å². The highest BCUT2D eigenvalue weighted by atomic mass is 32.1. The number of aliphatic imine (C=N–C) groups is 1. The second kappa shape index (κ2) is 7.79. The van der Waals surface area contributed by atoms with E-state index >= 15 is 0 Å². The molecule has 0 fully saturated rings. The first kappa shape index (κ1) is 12.2. The number of thiocarbonyl (C=S) groups is 1. The van der Waals surface area contributed by atoms with E-state index in [0.717, 1.165) is 13.0 Å². The van der Waals surface area contributed by atoms with Gasteiger partial charge in [-0.1, -0.05) is 26.2 Å². The van der Waals surface area contributed by atoms with E-state index < -0.39 is 0 Å². The summed E-state index contributed by atoms with van der Waals surface area (Å²) in [5, 5.41) is 2.73. The first-order chi connectivity index (χ1) is 6.16. The maximum atomic E-state index is 5.46. The Morgan fingerprint density at radius 2 is 2.00 bits per heavy atom. The van der Waals surface area contributed by atoms with Crippen molar-refractivity contribution in [2.75, 3.05) is 6.54 Å². The van der Waals surface area contributed by atoms with Crippen LogP contribution in [-0.4, -0.2) is 17.6 Å². The number of nitrogens with one attached hydrogen (secondary N) is 1. The highest BCUT2D eigenvalue weighted by Gasteiger charge is 1.91. The Kier molecular flexibility index (Phi) is 7.29. The van der Waals surface area contributed by atoms with Crippen molar-refractivity contribution in [1.82, 2.24) is 5.32 Å². The molecule has 0 amide bonds. The van der Waals surface area contributed by atoms with Gasteiger partial charge in [-0.15, -0.1) is 0 Å². The van der Waals surface area contributed by atoms with E-state index in [1.807, 2.05) is 0 Å². The maximum Gasteiger partial charge on any atom is 0.194 e. The highest BCUT2D eigenvalue weighted by Crippen LogP contribution is 1.98. The Balaban J connectivity index is 3.42. The molecular weight excluding hydrogens is 184 g/mol. The highest BCUT2D eigenvalue weighted by molar-refractivity contribution is 7.80. The van der Waals surface area contributed by atoms with Gasteiger partial charge in [0.05, 0.1) is 0 Å². The Morgan fingerprint density at radius 1 is 1.31 bits per heavy atom. The molecule has 4 nitrogen and oxygen atoms in total. The number of nitrogens with zero attached hydrogens (tertiary/aromatic N) is 1. The number of nitrogens with two attached hydrogens (primary N) is 2. The van der Waals surface area contributed by atoms with Crippen molar-refractivity contribution < 1.29 is 0 Å². The minimum atomic E-state index is 0.162. The van der Waals surface area contributed by atoms with Crippen molar-refractivity contribution in [2.45, 2.75) is 32.6 Å². The number of hydrogen-bond donors (Lipinski definition) is 3. The topological polar surface area (TPSA) is 76.4 Å². The molecule has 0 aromatic heterocycles. The molecule has 0 unspecified atom stereocenters. The first-order valence-corrected chi connectivity index (χ1v) is 4.94. The largest absolute Gasteiger partial charge is 0.376 e. The predicted molar refractivity (Wildman–Crippen MR) is 60.6 cm³/mol. The summed E-state index contributed by atoms with van der Waals surface area (Å²) >= 11 is 4.60.